The van der Waals surface area contributed by atoms with Crippen molar-refractivity contribution in [3.63, 3.8) is 0 Å². The van der Waals surface area contributed by atoms with Gasteiger partial charge in [-0.05, 0) is 0 Å². The molecule has 0 saturated carbocycles. The number of carbonyl (C=O) groups is 1. The van der Waals surface area contributed by atoms with Crippen molar-refractivity contribution in [2.24, 2.45) is 0 Å². The van der Waals surface area contributed by atoms with E-state index in [0.717, 1.165) is 17.4 Å². The average molecular weight is 209 g/mol. The van der Waals surface area contributed by atoms with Crippen molar-refractivity contribution in [1.82, 2.24) is 19.9 Å². The van der Waals surface area contributed by atoms with Crippen molar-refractivity contribution in [3.05, 3.63) is 27.6 Å². The highest BCUT2D eigenvalue weighted by atomic mass is 32.1. The minimum Gasteiger partial charge on any atom is -0.354 e. The molecule has 0 unspecified atom stereocenters. The summed E-state index contributed by atoms with van der Waals surface area (Å²) in [6.45, 7) is 0. The second-order valence-electron chi connectivity index (χ2n) is 2.45. The van der Waals surface area contributed by atoms with E-state index in [1.807, 2.05) is 0 Å². The van der Waals surface area contributed by atoms with Crippen molar-refractivity contribution >= 4 is 22.2 Å². The molecule has 71 valence electrons. The molecule has 1 N–H and O–H groups in total. The van der Waals surface area contributed by atoms with E-state index in [-0.39, 0.29) is 11.6 Å². The fourth-order valence-electron chi connectivity index (χ4n) is 1.01. The first-order valence-electron chi connectivity index (χ1n) is 3.71. The van der Waals surface area contributed by atoms with Crippen LogP contribution in [0.15, 0.2) is 10.9 Å². The van der Waals surface area contributed by atoms with Gasteiger partial charge in [0.1, 0.15) is 5.69 Å². The summed E-state index contributed by atoms with van der Waals surface area (Å²) in [5.41, 5.74) is 2.27. The number of fused-ring (bicyclic) bond motifs is 1. The number of nitrogens with zero attached hydrogens (tertiary/aromatic N) is 3. The van der Waals surface area contributed by atoms with Crippen LogP contribution in [0.25, 0.3) is 4.96 Å². The SMILES string of the molecule is CNC(=O)c1cc(=O)nc2s[c]nn12. The highest BCUT2D eigenvalue weighted by Crippen LogP contribution is 2.05. The van der Waals surface area contributed by atoms with Gasteiger partial charge < -0.3 is 5.32 Å². The molecule has 0 saturated heterocycles. The molecule has 14 heavy (non-hydrogen) atoms. The third-order valence-electron chi connectivity index (χ3n) is 1.61. The fourth-order valence-corrected chi connectivity index (χ4v) is 1.57. The quantitative estimate of drug-likeness (QED) is 0.674. The molecule has 0 bridgehead atoms. The minimum absolute atomic E-state index is 0.167. The predicted molar refractivity (Wildman–Crippen MR) is 49.4 cm³/mol. The van der Waals surface area contributed by atoms with Crippen LogP contribution in [0.2, 0.25) is 0 Å². The molecular weight excluding hydrogens is 204 g/mol. The van der Waals surface area contributed by atoms with Crippen molar-refractivity contribution < 1.29 is 4.79 Å². The van der Waals surface area contributed by atoms with Gasteiger partial charge in [-0.2, -0.15) is 14.6 Å². The third kappa shape index (κ3) is 1.27. The van der Waals surface area contributed by atoms with Gasteiger partial charge in [0.25, 0.3) is 11.5 Å². The third-order valence-corrected chi connectivity index (χ3v) is 2.23. The lowest BCUT2D eigenvalue weighted by Gasteiger charge is -1.99. The van der Waals surface area contributed by atoms with E-state index in [9.17, 15) is 9.59 Å². The Balaban J connectivity index is 2.79. The zero-order valence-corrected chi connectivity index (χ0v) is 7.96. The molecule has 0 atom stereocenters. The van der Waals surface area contributed by atoms with Gasteiger partial charge in [-0.25, -0.2) is 0 Å². The standard InChI is InChI=1S/C7H5N4O2S/c1-8-6(13)4-2-5(12)10-7-11(4)9-3-14-7/h2H,1H3,(H,8,13). The van der Waals surface area contributed by atoms with Crippen LogP contribution in [0.1, 0.15) is 10.5 Å². The predicted octanol–water partition coefficient (Wildman–Crippen LogP) is -0.689. The maximum Gasteiger partial charge on any atom is 0.274 e. The normalized spacial score (nSPS) is 10.4. The summed E-state index contributed by atoms with van der Waals surface area (Å²) in [5.74, 6) is -0.376. The summed E-state index contributed by atoms with van der Waals surface area (Å²) in [5, 5.41) is 6.19. The maximum absolute atomic E-state index is 11.3. The molecule has 0 aliphatic heterocycles. The van der Waals surface area contributed by atoms with Crippen molar-refractivity contribution in [2.45, 2.75) is 0 Å². The van der Waals surface area contributed by atoms with E-state index in [0.29, 0.717) is 4.96 Å². The second-order valence-corrected chi connectivity index (χ2v) is 3.20. The summed E-state index contributed by atoms with van der Waals surface area (Å²) in [7, 11) is 1.48. The van der Waals surface area contributed by atoms with Crippen LogP contribution < -0.4 is 10.9 Å². The van der Waals surface area contributed by atoms with Crippen molar-refractivity contribution in [2.75, 3.05) is 7.05 Å². The van der Waals surface area contributed by atoms with E-state index in [2.05, 4.69) is 20.9 Å². The number of amides is 1. The van der Waals surface area contributed by atoms with Crippen LogP contribution in [0, 0.1) is 5.51 Å². The molecule has 2 heterocycles. The molecule has 0 spiro atoms. The number of hydrogen-bond donors (Lipinski definition) is 1. The Morgan fingerprint density at radius 1 is 1.71 bits per heavy atom. The Kier molecular flexibility index (Phi) is 2.01. The molecule has 0 aliphatic rings. The van der Waals surface area contributed by atoms with Gasteiger partial charge in [0.2, 0.25) is 4.96 Å². The molecule has 7 heteroatoms. The summed E-state index contributed by atoms with van der Waals surface area (Å²) >= 11 is 1.08. The summed E-state index contributed by atoms with van der Waals surface area (Å²) in [6.07, 6.45) is 0. The number of carbonyl (C=O) groups excluding carboxylic acids is 1. The van der Waals surface area contributed by atoms with Gasteiger partial charge in [-0.15, -0.1) is 0 Å². The van der Waals surface area contributed by atoms with E-state index in [1.54, 1.807) is 0 Å². The van der Waals surface area contributed by atoms with Gasteiger partial charge in [-0.3, -0.25) is 9.59 Å². The Bertz CT molecular complexity index is 544. The van der Waals surface area contributed by atoms with Gasteiger partial charge in [0, 0.05) is 13.1 Å². The van der Waals surface area contributed by atoms with E-state index >= 15 is 0 Å². The van der Waals surface area contributed by atoms with Gasteiger partial charge in [0.15, 0.2) is 5.51 Å². The fraction of sp³-hybridized carbons (Fsp3) is 0.143. The second kappa shape index (κ2) is 3.18. The molecule has 0 aromatic carbocycles. The Labute approximate surface area is 82.2 Å². The average Bonchev–Trinajstić information content (AvgIpc) is 2.62. The molecule has 1 amide bonds. The first kappa shape index (κ1) is 8.82. The Morgan fingerprint density at radius 3 is 3.21 bits per heavy atom. The topological polar surface area (TPSA) is 76.4 Å². The molecular formula is C7H5N4O2S. The molecule has 0 aliphatic carbocycles. The van der Waals surface area contributed by atoms with E-state index < -0.39 is 5.56 Å². The van der Waals surface area contributed by atoms with Gasteiger partial charge >= 0.3 is 0 Å². The number of rotatable bonds is 1. The van der Waals surface area contributed by atoms with Crippen LogP contribution in [-0.2, 0) is 0 Å². The summed E-state index contributed by atoms with van der Waals surface area (Å²) in [4.78, 5) is 26.4. The highest BCUT2D eigenvalue weighted by Gasteiger charge is 2.11. The van der Waals surface area contributed by atoms with Crippen molar-refractivity contribution in [1.29, 1.82) is 0 Å². The van der Waals surface area contributed by atoms with Gasteiger partial charge in [0.05, 0.1) is 0 Å². The van der Waals surface area contributed by atoms with Gasteiger partial charge in [-0.1, -0.05) is 11.3 Å². The first-order chi connectivity index (χ1) is 6.72. The van der Waals surface area contributed by atoms with Crippen LogP contribution in [0.4, 0.5) is 0 Å². The first-order valence-corrected chi connectivity index (χ1v) is 4.53. The number of aromatic nitrogens is 3. The molecule has 2 aromatic heterocycles. The zero-order chi connectivity index (χ0) is 10.1. The molecule has 6 nitrogen and oxygen atoms in total. The lowest BCUT2D eigenvalue weighted by Crippen LogP contribution is -2.24. The number of nitrogens with one attached hydrogen (secondary N) is 1. The minimum atomic E-state index is -0.457. The van der Waals surface area contributed by atoms with E-state index in [1.165, 1.54) is 11.6 Å². The summed E-state index contributed by atoms with van der Waals surface area (Å²) in [6, 6.07) is 1.14. The zero-order valence-electron chi connectivity index (χ0n) is 7.14. The van der Waals surface area contributed by atoms with Crippen LogP contribution >= 0.6 is 11.3 Å². The Morgan fingerprint density at radius 2 is 2.50 bits per heavy atom. The molecule has 2 aromatic rings. The summed E-state index contributed by atoms with van der Waals surface area (Å²) < 4.78 is 1.28. The molecule has 2 rings (SSSR count). The van der Waals surface area contributed by atoms with Crippen LogP contribution in [0.3, 0.4) is 0 Å². The molecule has 1 radical (unpaired) electrons. The Hall–Kier alpha value is -1.76. The smallest absolute Gasteiger partial charge is 0.274 e. The molecule has 0 fully saturated rings. The monoisotopic (exact) mass is 209 g/mol. The van der Waals surface area contributed by atoms with Crippen LogP contribution in [0.5, 0.6) is 0 Å². The largest absolute Gasteiger partial charge is 0.354 e. The van der Waals surface area contributed by atoms with Crippen LogP contribution in [-0.4, -0.2) is 27.6 Å². The lowest BCUT2D eigenvalue weighted by atomic mass is 10.4. The van der Waals surface area contributed by atoms with Crippen molar-refractivity contribution in [3.8, 4) is 0 Å². The maximum atomic E-state index is 11.3. The highest BCUT2D eigenvalue weighted by molar-refractivity contribution is 7.14. The lowest BCUT2D eigenvalue weighted by molar-refractivity contribution is 0.0955. The number of hydrogen-bond acceptors (Lipinski definition) is 5. The van der Waals surface area contributed by atoms with E-state index in [4.69, 9.17) is 0 Å².